The Labute approximate surface area is 113 Å². The van der Waals surface area contributed by atoms with Crippen LogP contribution in [0.3, 0.4) is 0 Å². The molecule has 7 heteroatoms. The first-order chi connectivity index (χ1) is 8.65. The van der Waals surface area contributed by atoms with Gasteiger partial charge in [-0.05, 0) is 27.7 Å². The van der Waals surface area contributed by atoms with Crippen molar-refractivity contribution in [2.45, 2.75) is 39.8 Å². The van der Waals surface area contributed by atoms with Crippen molar-refractivity contribution in [2.24, 2.45) is 5.92 Å². The molecule has 3 N–H and O–H groups in total. The van der Waals surface area contributed by atoms with Crippen molar-refractivity contribution in [3.8, 4) is 0 Å². The Hall–Kier alpha value is -1.79. The maximum absolute atomic E-state index is 11.7. The predicted octanol–water partition coefficient (Wildman–Crippen LogP) is 0.262. The van der Waals surface area contributed by atoms with Crippen molar-refractivity contribution in [1.82, 2.24) is 15.5 Å². The molecule has 0 heterocycles. The number of nitrogens with zero attached hydrogens (tertiary/aromatic N) is 1. The van der Waals surface area contributed by atoms with Crippen LogP contribution in [0.15, 0.2) is 0 Å². The zero-order chi connectivity index (χ0) is 15.2. The van der Waals surface area contributed by atoms with E-state index in [1.807, 2.05) is 13.8 Å². The third-order valence-electron chi connectivity index (χ3n) is 2.67. The molecule has 0 aromatic rings. The molecule has 0 aromatic heterocycles. The van der Waals surface area contributed by atoms with Crippen molar-refractivity contribution in [3.05, 3.63) is 0 Å². The average molecular weight is 273 g/mol. The van der Waals surface area contributed by atoms with E-state index in [4.69, 9.17) is 5.11 Å². The highest BCUT2D eigenvalue weighted by Crippen LogP contribution is 2.02. The molecule has 0 rings (SSSR count). The number of nitrogens with one attached hydrogen (secondary N) is 2. The van der Waals surface area contributed by atoms with Gasteiger partial charge >= 0.3 is 12.0 Å². The quantitative estimate of drug-likeness (QED) is 0.646. The Bertz CT molecular complexity index is 344. The van der Waals surface area contributed by atoms with Gasteiger partial charge in [0, 0.05) is 19.1 Å². The number of amides is 3. The molecule has 0 saturated heterocycles. The van der Waals surface area contributed by atoms with Gasteiger partial charge in [-0.15, -0.1) is 0 Å². The Morgan fingerprint density at radius 1 is 1.11 bits per heavy atom. The van der Waals surface area contributed by atoms with E-state index in [0.29, 0.717) is 0 Å². The zero-order valence-electron chi connectivity index (χ0n) is 12.1. The fourth-order valence-corrected chi connectivity index (χ4v) is 1.30. The van der Waals surface area contributed by atoms with Gasteiger partial charge in [0.05, 0.1) is 5.92 Å². The van der Waals surface area contributed by atoms with Crippen LogP contribution in [-0.4, -0.2) is 53.6 Å². The molecule has 0 aliphatic carbocycles. The third-order valence-corrected chi connectivity index (χ3v) is 2.67. The predicted molar refractivity (Wildman–Crippen MR) is 70.7 cm³/mol. The number of urea groups is 1. The molecular weight excluding hydrogens is 250 g/mol. The van der Waals surface area contributed by atoms with Crippen molar-refractivity contribution >= 4 is 17.9 Å². The highest BCUT2D eigenvalue weighted by molar-refractivity contribution is 5.84. The van der Waals surface area contributed by atoms with E-state index in [-0.39, 0.29) is 18.5 Å². The Morgan fingerprint density at radius 3 is 2.05 bits per heavy atom. The van der Waals surface area contributed by atoms with Crippen LogP contribution in [0.2, 0.25) is 0 Å². The van der Waals surface area contributed by atoms with Crippen molar-refractivity contribution in [2.75, 3.05) is 13.6 Å². The monoisotopic (exact) mass is 273 g/mol. The summed E-state index contributed by atoms with van der Waals surface area (Å²) in [5.41, 5.74) is 0. The minimum absolute atomic E-state index is 0.00918. The Morgan fingerprint density at radius 2 is 1.63 bits per heavy atom. The van der Waals surface area contributed by atoms with E-state index in [1.54, 1.807) is 6.92 Å². The van der Waals surface area contributed by atoms with Gasteiger partial charge in [-0.3, -0.25) is 9.59 Å². The number of carboxylic acids is 1. The summed E-state index contributed by atoms with van der Waals surface area (Å²) in [7, 11) is 1.48. The number of rotatable bonds is 6. The average Bonchev–Trinajstić information content (AvgIpc) is 2.25. The number of hydrogen-bond acceptors (Lipinski definition) is 3. The number of hydrogen-bond donors (Lipinski definition) is 3. The molecule has 3 amide bonds. The van der Waals surface area contributed by atoms with E-state index in [1.165, 1.54) is 18.9 Å². The van der Waals surface area contributed by atoms with Gasteiger partial charge in [0.25, 0.3) is 0 Å². The molecule has 0 aliphatic rings. The molecular formula is C12H23N3O4. The number of carboxylic acid groups (broad SMARTS) is 1. The SMILES string of the molecule is CC(C)NC(=O)CN(C)C(=O)NC(C)C(C)C(=O)O. The van der Waals surface area contributed by atoms with Crippen LogP contribution >= 0.6 is 0 Å². The van der Waals surface area contributed by atoms with Gasteiger partial charge in [-0.1, -0.05) is 0 Å². The maximum atomic E-state index is 11.7. The van der Waals surface area contributed by atoms with Crippen LogP contribution in [0.4, 0.5) is 4.79 Å². The smallest absolute Gasteiger partial charge is 0.317 e. The van der Waals surface area contributed by atoms with E-state index in [2.05, 4.69) is 10.6 Å². The molecule has 0 bridgehead atoms. The molecule has 7 nitrogen and oxygen atoms in total. The fourth-order valence-electron chi connectivity index (χ4n) is 1.30. The molecule has 0 spiro atoms. The van der Waals surface area contributed by atoms with Crippen molar-refractivity contribution in [3.63, 3.8) is 0 Å². The molecule has 2 atom stereocenters. The number of carbonyl (C=O) groups excluding carboxylic acids is 2. The molecule has 0 saturated carbocycles. The largest absolute Gasteiger partial charge is 0.481 e. The highest BCUT2D eigenvalue weighted by atomic mass is 16.4. The standard InChI is InChI=1S/C12H23N3O4/c1-7(2)13-10(16)6-15(5)12(19)14-9(4)8(3)11(17)18/h7-9H,6H2,1-5H3,(H,13,16)(H,14,19)(H,17,18). The Balaban J connectivity index is 4.27. The molecule has 0 fully saturated rings. The first-order valence-corrected chi connectivity index (χ1v) is 6.19. The summed E-state index contributed by atoms with van der Waals surface area (Å²) >= 11 is 0. The second kappa shape index (κ2) is 7.60. The minimum Gasteiger partial charge on any atom is -0.481 e. The van der Waals surface area contributed by atoms with E-state index >= 15 is 0 Å². The van der Waals surface area contributed by atoms with E-state index < -0.39 is 24.0 Å². The van der Waals surface area contributed by atoms with E-state index in [0.717, 1.165) is 0 Å². The molecule has 0 aliphatic heterocycles. The van der Waals surface area contributed by atoms with Gasteiger partial charge in [-0.25, -0.2) is 4.79 Å². The van der Waals surface area contributed by atoms with Crippen LogP contribution in [0, 0.1) is 5.92 Å². The van der Waals surface area contributed by atoms with Crippen LogP contribution in [-0.2, 0) is 9.59 Å². The van der Waals surface area contributed by atoms with Gasteiger partial charge in [-0.2, -0.15) is 0 Å². The lowest BCUT2D eigenvalue weighted by molar-refractivity contribution is -0.141. The second-order valence-corrected chi connectivity index (χ2v) is 4.94. The summed E-state index contributed by atoms with van der Waals surface area (Å²) in [4.78, 5) is 35.2. The number of carbonyl (C=O) groups is 3. The van der Waals surface area contributed by atoms with Crippen LogP contribution in [0.25, 0.3) is 0 Å². The van der Waals surface area contributed by atoms with Gasteiger partial charge in [0.15, 0.2) is 0 Å². The third kappa shape index (κ3) is 6.64. The molecule has 0 aromatic carbocycles. The summed E-state index contributed by atoms with van der Waals surface area (Å²) in [6.45, 7) is 6.71. The molecule has 2 unspecified atom stereocenters. The molecule has 0 radical (unpaired) electrons. The van der Waals surface area contributed by atoms with Gasteiger partial charge in [0.2, 0.25) is 5.91 Å². The normalized spacial score (nSPS) is 13.6. The highest BCUT2D eigenvalue weighted by Gasteiger charge is 2.22. The topological polar surface area (TPSA) is 98.7 Å². The summed E-state index contributed by atoms with van der Waals surface area (Å²) in [6.07, 6.45) is 0. The van der Waals surface area contributed by atoms with Crippen LogP contribution < -0.4 is 10.6 Å². The lowest BCUT2D eigenvalue weighted by Crippen LogP contribution is -2.49. The Kier molecular flexibility index (Phi) is 6.89. The van der Waals surface area contributed by atoms with Gasteiger partial charge < -0.3 is 20.6 Å². The van der Waals surface area contributed by atoms with E-state index in [9.17, 15) is 14.4 Å². The second-order valence-electron chi connectivity index (χ2n) is 4.94. The maximum Gasteiger partial charge on any atom is 0.317 e. The van der Waals surface area contributed by atoms with Crippen molar-refractivity contribution < 1.29 is 19.5 Å². The lowest BCUT2D eigenvalue weighted by atomic mass is 10.0. The minimum atomic E-state index is -0.979. The first-order valence-electron chi connectivity index (χ1n) is 6.19. The fraction of sp³-hybridized carbons (Fsp3) is 0.750. The van der Waals surface area contributed by atoms with Gasteiger partial charge in [0.1, 0.15) is 6.54 Å². The summed E-state index contributed by atoms with van der Waals surface area (Å²) in [5.74, 6) is -1.93. The summed E-state index contributed by atoms with van der Waals surface area (Å²) in [5, 5.41) is 14.0. The molecule has 19 heavy (non-hydrogen) atoms. The number of aliphatic carboxylic acids is 1. The summed E-state index contributed by atoms with van der Waals surface area (Å²) < 4.78 is 0. The first kappa shape index (κ1) is 17.2. The number of likely N-dealkylation sites (N-methyl/N-ethyl adjacent to an activating group) is 1. The lowest BCUT2D eigenvalue weighted by Gasteiger charge is -2.23. The summed E-state index contributed by atoms with van der Waals surface area (Å²) in [6, 6.07) is -0.977. The van der Waals surface area contributed by atoms with Crippen LogP contribution in [0.5, 0.6) is 0 Å². The van der Waals surface area contributed by atoms with Crippen LogP contribution in [0.1, 0.15) is 27.7 Å². The molecule has 110 valence electrons. The van der Waals surface area contributed by atoms with Crippen molar-refractivity contribution in [1.29, 1.82) is 0 Å². The zero-order valence-corrected chi connectivity index (χ0v) is 12.1.